The first-order chi connectivity index (χ1) is 14.8. The number of nitro groups is 1. The fourth-order valence-electron chi connectivity index (χ4n) is 2.70. The van der Waals surface area contributed by atoms with Gasteiger partial charge in [0.25, 0.3) is 11.6 Å². The number of benzene rings is 1. The molecular formula is C19H14N4O8. The van der Waals surface area contributed by atoms with Crippen LogP contribution in [0.15, 0.2) is 40.4 Å². The van der Waals surface area contributed by atoms with E-state index in [9.17, 15) is 24.5 Å². The highest BCUT2D eigenvalue weighted by molar-refractivity contribution is 6.14. The van der Waals surface area contributed by atoms with Gasteiger partial charge in [0.05, 0.1) is 18.6 Å². The van der Waals surface area contributed by atoms with Gasteiger partial charge in [0.1, 0.15) is 23.3 Å². The van der Waals surface area contributed by atoms with E-state index in [1.165, 1.54) is 37.5 Å². The molecule has 1 N–H and O–H groups in total. The van der Waals surface area contributed by atoms with Gasteiger partial charge in [-0.05, 0) is 24.3 Å². The number of ether oxygens (including phenoxy) is 2. The third kappa shape index (κ3) is 4.51. The number of rotatable bonds is 7. The van der Waals surface area contributed by atoms with Crippen LogP contribution < -0.4 is 10.1 Å². The highest BCUT2D eigenvalue weighted by Crippen LogP contribution is 2.28. The van der Waals surface area contributed by atoms with Crippen LogP contribution in [0.2, 0.25) is 0 Å². The predicted molar refractivity (Wildman–Crippen MR) is 101 cm³/mol. The second-order valence-corrected chi connectivity index (χ2v) is 6.06. The molecule has 0 radical (unpaired) electrons. The Kier molecular flexibility index (Phi) is 5.97. The normalized spacial score (nSPS) is 14.3. The molecule has 0 aliphatic carbocycles. The maximum Gasteiger partial charge on any atom is 0.373 e. The lowest BCUT2D eigenvalue weighted by atomic mass is 10.1. The molecule has 2 heterocycles. The van der Waals surface area contributed by atoms with E-state index in [4.69, 9.17) is 14.4 Å². The topological polar surface area (TPSA) is 165 Å². The number of nitrogens with one attached hydrogen (secondary N) is 1. The van der Waals surface area contributed by atoms with E-state index in [1.807, 2.05) is 0 Å². The summed E-state index contributed by atoms with van der Waals surface area (Å²) in [5.74, 6) is -1.23. The number of nitriles is 1. The number of non-ortho nitro benzene ring substituents is 1. The summed E-state index contributed by atoms with van der Waals surface area (Å²) in [7, 11) is 1.18. The fourth-order valence-corrected chi connectivity index (χ4v) is 2.70. The minimum atomic E-state index is -0.753. The first-order valence-corrected chi connectivity index (χ1v) is 8.63. The second-order valence-electron chi connectivity index (χ2n) is 6.06. The Labute approximate surface area is 174 Å². The molecule has 0 atom stereocenters. The lowest BCUT2D eigenvalue weighted by Gasteiger charge is -2.09. The van der Waals surface area contributed by atoms with Crippen LogP contribution in [0.1, 0.15) is 21.9 Å². The zero-order valence-corrected chi connectivity index (χ0v) is 16.0. The average molecular weight is 426 g/mol. The summed E-state index contributed by atoms with van der Waals surface area (Å²) < 4.78 is 15.0. The van der Waals surface area contributed by atoms with Crippen LogP contribution in [0, 0.1) is 21.4 Å². The Hall–Kier alpha value is -4.66. The number of carbonyl (C=O) groups excluding carboxylic acids is 3. The Morgan fingerprint density at radius 2 is 2.13 bits per heavy atom. The monoisotopic (exact) mass is 426 g/mol. The van der Waals surface area contributed by atoms with Gasteiger partial charge in [0.2, 0.25) is 5.76 Å². The molecule has 0 spiro atoms. The Morgan fingerprint density at radius 1 is 1.35 bits per heavy atom. The molecule has 31 heavy (non-hydrogen) atoms. The predicted octanol–water partition coefficient (Wildman–Crippen LogP) is 1.97. The van der Waals surface area contributed by atoms with Crippen molar-refractivity contribution in [3.05, 3.63) is 63.2 Å². The first-order valence-electron chi connectivity index (χ1n) is 8.63. The summed E-state index contributed by atoms with van der Waals surface area (Å²) in [4.78, 5) is 47.7. The van der Waals surface area contributed by atoms with Crippen molar-refractivity contribution in [2.75, 3.05) is 13.7 Å². The molecule has 1 aliphatic heterocycles. The molecule has 3 rings (SSSR count). The van der Waals surface area contributed by atoms with Crippen LogP contribution >= 0.6 is 0 Å². The highest BCUT2D eigenvalue weighted by atomic mass is 16.6. The van der Waals surface area contributed by atoms with Gasteiger partial charge in [-0.2, -0.15) is 5.26 Å². The van der Waals surface area contributed by atoms with E-state index >= 15 is 0 Å². The number of hydrogen-bond donors (Lipinski definition) is 1. The van der Waals surface area contributed by atoms with Crippen molar-refractivity contribution in [2.45, 2.75) is 6.54 Å². The quantitative estimate of drug-likeness (QED) is 0.229. The number of methoxy groups -OCH3 is 1. The molecule has 0 unspecified atom stereocenters. The number of imide groups is 1. The summed E-state index contributed by atoms with van der Waals surface area (Å²) in [5, 5.41) is 22.1. The number of esters is 1. The zero-order chi connectivity index (χ0) is 22.5. The number of hydrogen-bond acceptors (Lipinski definition) is 9. The minimum absolute atomic E-state index is 0.0869. The van der Waals surface area contributed by atoms with E-state index in [-0.39, 0.29) is 47.4 Å². The van der Waals surface area contributed by atoms with Crippen molar-refractivity contribution in [3.8, 4) is 11.8 Å². The molecule has 0 bridgehead atoms. The van der Waals surface area contributed by atoms with Gasteiger partial charge in [-0.15, -0.1) is 0 Å². The van der Waals surface area contributed by atoms with E-state index < -0.39 is 22.8 Å². The van der Waals surface area contributed by atoms with E-state index in [1.54, 1.807) is 6.07 Å². The molecule has 0 saturated carbocycles. The summed E-state index contributed by atoms with van der Waals surface area (Å²) in [6, 6.07) is 7.41. The van der Waals surface area contributed by atoms with Gasteiger partial charge in [-0.25, -0.2) is 9.59 Å². The molecule has 12 nitrogen and oxygen atoms in total. The second kappa shape index (κ2) is 8.78. The van der Waals surface area contributed by atoms with E-state index in [2.05, 4.69) is 10.1 Å². The molecule has 1 aromatic heterocycles. The maximum absolute atomic E-state index is 12.7. The van der Waals surface area contributed by atoms with Gasteiger partial charge in [0.15, 0.2) is 6.61 Å². The number of nitrogens with zero attached hydrogens (tertiary/aromatic N) is 3. The first kappa shape index (κ1) is 21.1. The third-order valence-corrected chi connectivity index (χ3v) is 4.12. The van der Waals surface area contributed by atoms with Crippen molar-refractivity contribution in [3.63, 3.8) is 0 Å². The summed E-state index contributed by atoms with van der Waals surface area (Å²) in [6.45, 7) is -0.576. The molecule has 12 heteroatoms. The SMILES string of the molecule is COC(=O)c1ccc(CN2C(=O)N/C(=C\c3cc([N+](=O)[O-])ccc3OCC#N)C2=O)o1. The van der Waals surface area contributed by atoms with Crippen molar-refractivity contribution in [1.29, 1.82) is 5.26 Å². The largest absolute Gasteiger partial charge is 0.478 e. The number of furan rings is 1. The number of carbonyl (C=O) groups is 3. The van der Waals surface area contributed by atoms with Crippen molar-refractivity contribution < 1.29 is 33.2 Å². The average Bonchev–Trinajstić information content (AvgIpc) is 3.32. The third-order valence-electron chi connectivity index (χ3n) is 4.12. The molecule has 1 saturated heterocycles. The number of nitro benzene ring substituents is 1. The molecule has 1 aromatic carbocycles. The molecule has 3 amide bonds. The minimum Gasteiger partial charge on any atom is -0.478 e. The Morgan fingerprint density at radius 3 is 2.81 bits per heavy atom. The Bertz CT molecular complexity index is 1140. The van der Waals surface area contributed by atoms with E-state index in [0.29, 0.717) is 0 Å². The standard InChI is InChI=1S/C19H14N4O8/c1-29-18(25)16-5-3-13(31-16)10-22-17(24)14(21-19(22)26)9-11-8-12(23(27)28)2-4-15(11)30-7-6-20/h2-5,8-9H,7,10H2,1H3,(H,21,26)/b14-9-. The van der Waals surface area contributed by atoms with Gasteiger partial charge < -0.3 is 19.2 Å². The van der Waals surface area contributed by atoms with Crippen LogP contribution in [-0.2, 0) is 16.1 Å². The zero-order valence-electron chi connectivity index (χ0n) is 16.0. The highest BCUT2D eigenvalue weighted by Gasteiger charge is 2.34. The maximum atomic E-state index is 12.7. The summed E-state index contributed by atoms with van der Waals surface area (Å²) in [5.41, 5.74) is -0.302. The van der Waals surface area contributed by atoms with Crippen LogP contribution in [0.3, 0.4) is 0 Å². The lowest BCUT2D eigenvalue weighted by Crippen LogP contribution is -2.30. The molecule has 158 valence electrons. The van der Waals surface area contributed by atoms with Crippen LogP contribution in [0.5, 0.6) is 5.75 Å². The number of urea groups is 1. The fraction of sp³-hybridized carbons (Fsp3) is 0.158. The number of amides is 3. The smallest absolute Gasteiger partial charge is 0.373 e. The van der Waals surface area contributed by atoms with Gasteiger partial charge in [-0.1, -0.05) is 0 Å². The van der Waals surface area contributed by atoms with Crippen LogP contribution in [0.25, 0.3) is 6.08 Å². The summed E-state index contributed by atoms with van der Waals surface area (Å²) >= 11 is 0. The molecule has 2 aromatic rings. The molecule has 1 aliphatic rings. The van der Waals surface area contributed by atoms with Crippen molar-refractivity contribution in [1.82, 2.24) is 10.2 Å². The lowest BCUT2D eigenvalue weighted by molar-refractivity contribution is -0.384. The molecule has 1 fully saturated rings. The summed E-state index contributed by atoms with van der Waals surface area (Å²) in [6.07, 6.45) is 1.21. The van der Waals surface area contributed by atoms with E-state index in [0.717, 1.165) is 11.0 Å². The van der Waals surface area contributed by atoms with Gasteiger partial charge >= 0.3 is 12.0 Å². The van der Waals surface area contributed by atoms with Gasteiger partial charge in [-0.3, -0.25) is 19.8 Å². The molecular weight excluding hydrogens is 412 g/mol. The van der Waals surface area contributed by atoms with Crippen LogP contribution in [-0.4, -0.2) is 41.4 Å². The van der Waals surface area contributed by atoms with Gasteiger partial charge in [0, 0.05) is 17.7 Å². The van der Waals surface area contributed by atoms with Crippen molar-refractivity contribution >= 4 is 29.7 Å². The van der Waals surface area contributed by atoms with Crippen molar-refractivity contribution in [2.24, 2.45) is 0 Å². The van der Waals surface area contributed by atoms with Crippen LogP contribution in [0.4, 0.5) is 10.5 Å². The Balaban J connectivity index is 1.86.